The molecule has 0 aromatic rings. The number of nitrogens with one attached hydrogen (secondary N) is 1. The van der Waals surface area contributed by atoms with Crippen molar-refractivity contribution in [2.24, 2.45) is 5.92 Å². The Morgan fingerprint density at radius 3 is 2.73 bits per heavy atom. The van der Waals surface area contributed by atoms with Crippen molar-refractivity contribution in [3.8, 4) is 0 Å². The lowest BCUT2D eigenvalue weighted by Gasteiger charge is -2.18. The number of aliphatic hydroxyl groups excluding tert-OH is 1. The van der Waals surface area contributed by atoms with Gasteiger partial charge in [-0.1, -0.05) is 13.3 Å². The number of rotatable bonds is 6. The predicted octanol–water partition coefficient (Wildman–Crippen LogP) is 1.08. The van der Waals surface area contributed by atoms with E-state index in [9.17, 15) is 0 Å². The molecule has 0 bridgehead atoms. The normalized spacial score (nSPS) is 29.6. The molecule has 0 spiro atoms. The Labute approximate surface area is 93.9 Å². The van der Waals surface area contributed by atoms with Crippen molar-refractivity contribution in [2.75, 3.05) is 26.7 Å². The van der Waals surface area contributed by atoms with E-state index in [4.69, 9.17) is 5.11 Å². The molecule has 0 aliphatic carbocycles. The predicted molar refractivity (Wildman–Crippen MR) is 64.0 cm³/mol. The van der Waals surface area contributed by atoms with E-state index in [0.29, 0.717) is 24.6 Å². The van der Waals surface area contributed by atoms with Gasteiger partial charge < -0.3 is 15.3 Å². The SMILES string of the molecule is CCC(CCO)CNC1CC(C)N(C)C1. The summed E-state index contributed by atoms with van der Waals surface area (Å²) in [6.45, 7) is 7.03. The first kappa shape index (κ1) is 12.9. The maximum atomic E-state index is 8.91. The Bertz CT molecular complexity index is 165. The van der Waals surface area contributed by atoms with Crippen LogP contribution in [0.2, 0.25) is 0 Å². The van der Waals surface area contributed by atoms with E-state index < -0.39 is 0 Å². The number of likely N-dealkylation sites (tertiary alicyclic amines) is 1. The summed E-state index contributed by atoms with van der Waals surface area (Å²) in [5, 5.41) is 12.5. The second-order valence-electron chi connectivity index (χ2n) is 4.92. The topological polar surface area (TPSA) is 35.5 Å². The minimum Gasteiger partial charge on any atom is -0.396 e. The molecule has 0 amide bonds. The molecule has 1 heterocycles. The van der Waals surface area contributed by atoms with Gasteiger partial charge in [0.15, 0.2) is 0 Å². The van der Waals surface area contributed by atoms with Gasteiger partial charge in [0.25, 0.3) is 0 Å². The lowest BCUT2D eigenvalue weighted by Crippen LogP contribution is -2.35. The largest absolute Gasteiger partial charge is 0.396 e. The summed E-state index contributed by atoms with van der Waals surface area (Å²) in [7, 11) is 2.19. The Kier molecular flexibility index (Phi) is 5.58. The zero-order valence-electron chi connectivity index (χ0n) is 10.4. The maximum Gasteiger partial charge on any atom is 0.0434 e. The van der Waals surface area contributed by atoms with Crippen LogP contribution in [0.15, 0.2) is 0 Å². The third kappa shape index (κ3) is 4.09. The Morgan fingerprint density at radius 2 is 2.27 bits per heavy atom. The Hall–Kier alpha value is -0.120. The van der Waals surface area contributed by atoms with Crippen molar-refractivity contribution in [3.05, 3.63) is 0 Å². The van der Waals surface area contributed by atoms with Crippen LogP contribution in [0.25, 0.3) is 0 Å². The van der Waals surface area contributed by atoms with Crippen LogP contribution in [0.1, 0.15) is 33.1 Å². The van der Waals surface area contributed by atoms with E-state index in [-0.39, 0.29) is 0 Å². The zero-order valence-corrected chi connectivity index (χ0v) is 10.4. The molecule has 90 valence electrons. The average molecular weight is 214 g/mol. The summed E-state index contributed by atoms with van der Waals surface area (Å²) in [6.07, 6.45) is 3.35. The van der Waals surface area contributed by atoms with E-state index in [1.54, 1.807) is 0 Å². The minimum absolute atomic E-state index is 0.321. The average Bonchev–Trinajstić information content (AvgIpc) is 2.53. The van der Waals surface area contributed by atoms with Crippen molar-refractivity contribution in [1.29, 1.82) is 0 Å². The molecule has 1 rings (SSSR count). The molecule has 3 nitrogen and oxygen atoms in total. The highest BCUT2D eigenvalue weighted by Gasteiger charge is 2.25. The van der Waals surface area contributed by atoms with Gasteiger partial charge in [-0.25, -0.2) is 0 Å². The number of hydrogen-bond donors (Lipinski definition) is 2. The summed E-state index contributed by atoms with van der Waals surface area (Å²) in [6, 6.07) is 1.36. The van der Waals surface area contributed by atoms with Crippen molar-refractivity contribution >= 4 is 0 Å². The molecule has 1 aliphatic heterocycles. The van der Waals surface area contributed by atoms with E-state index in [1.807, 2.05) is 0 Å². The number of hydrogen-bond acceptors (Lipinski definition) is 3. The Balaban J connectivity index is 2.19. The smallest absolute Gasteiger partial charge is 0.0434 e. The molecule has 15 heavy (non-hydrogen) atoms. The van der Waals surface area contributed by atoms with Crippen LogP contribution >= 0.6 is 0 Å². The highest BCUT2D eigenvalue weighted by atomic mass is 16.3. The fourth-order valence-corrected chi connectivity index (χ4v) is 2.31. The summed E-state index contributed by atoms with van der Waals surface area (Å²) >= 11 is 0. The standard InChI is InChI=1S/C12H26N2O/c1-4-11(5-6-15)8-13-12-7-10(2)14(3)9-12/h10-13,15H,4-9H2,1-3H3. The van der Waals surface area contributed by atoms with Crippen molar-refractivity contribution in [3.63, 3.8) is 0 Å². The van der Waals surface area contributed by atoms with Gasteiger partial charge in [0.05, 0.1) is 0 Å². The fraction of sp³-hybridized carbons (Fsp3) is 1.00. The molecule has 3 heteroatoms. The first-order valence-corrected chi connectivity index (χ1v) is 6.21. The summed E-state index contributed by atoms with van der Waals surface area (Å²) in [5.74, 6) is 0.635. The third-order valence-electron chi connectivity index (χ3n) is 3.70. The molecular formula is C12H26N2O. The molecule has 0 aromatic carbocycles. The van der Waals surface area contributed by atoms with Gasteiger partial charge in [-0.15, -0.1) is 0 Å². The quantitative estimate of drug-likeness (QED) is 0.694. The summed E-state index contributed by atoms with van der Waals surface area (Å²) in [5.41, 5.74) is 0. The molecule has 1 fully saturated rings. The maximum absolute atomic E-state index is 8.91. The molecule has 0 aromatic heterocycles. The van der Waals surface area contributed by atoms with Crippen LogP contribution in [0.5, 0.6) is 0 Å². The molecule has 0 saturated carbocycles. The van der Waals surface area contributed by atoms with Crippen molar-refractivity contribution < 1.29 is 5.11 Å². The second kappa shape index (κ2) is 6.46. The van der Waals surface area contributed by atoms with Gasteiger partial charge in [0.1, 0.15) is 0 Å². The third-order valence-corrected chi connectivity index (χ3v) is 3.70. The van der Waals surface area contributed by atoms with Crippen molar-refractivity contribution in [1.82, 2.24) is 10.2 Å². The van der Waals surface area contributed by atoms with Crippen LogP contribution in [-0.2, 0) is 0 Å². The summed E-state index contributed by atoms with van der Waals surface area (Å²) < 4.78 is 0. The molecular weight excluding hydrogens is 188 g/mol. The molecule has 3 atom stereocenters. The first-order valence-electron chi connectivity index (χ1n) is 6.21. The summed E-state index contributed by atoms with van der Waals surface area (Å²) in [4.78, 5) is 2.41. The van der Waals surface area contributed by atoms with Gasteiger partial charge in [-0.3, -0.25) is 0 Å². The van der Waals surface area contributed by atoms with Crippen LogP contribution in [0.3, 0.4) is 0 Å². The molecule has 1 aliphatic rings. The van der Waals surface area contributed by atoms with E-state index in [1.165, 1.54) is 6.42 Å². The van der Waals surface area contributed by atoms with E-state index in [0.717, 1.165) is 25.9 Å². The number of nitrogens with zero attached hydrogens (tertiary/aromatic N) is 1. The first-order chi connectivity index (χ1) is 7.17. The van der Waals surface area contributed by atoms with Crippen LogP contribution in [-0.4, -0.2) is 48.8 Å². The zero-order chi connectivity index (χ0) is 11.3. The van der Waals surface area contributed by atoms with E-state index in [2.05, 4.69) is 31.1 Å². The minimum atomic E-state index is 0.321. The molecule has 1 saturated heterocycles. The van der Waals surface area contributed by atoms with Gasteiger partial charge in [0.2, 0.25) is 0 Å². The fourth-order valence-electron chi connectivity index (χ4n) is 2.31. The molecule has 3 unspecified atom stereocenters. The van der Waals surface area contributed by atoms with E-state index >= 15 is 0 Å². The second-order valence-corrected chi connectivity index (χ2v) is 4.92. The molecule has 2 N–H and O–H groups in total. The van der Waals surface area contributed by atoms with Crippen LogP contribution in [0.4, 0.5) is 0 Å². The Morgan fingerprint density at radius 1 is 1.53 bits per heavy atom. The number of aliphatic hydroxyl groups is 1. The van der Waals surface area contributed by atoms with Gasteiger partial charge >= 0.3 is 0 Å². The lowest BCUT2D eigenvalue weighted by molar-refractivity contribution is 0.248. The lowest BCUT2D eigenvalue weighted by atomic mass is 10.0. The van der Waals surface area contributed by atoms with Gasteiger partial charge in [-0.05, 0) is 39.3 Å². The van der Waals surface area contributed by atoms with Crippen molar-refractivity contribution in [2.45, 2.75) is 45.2 Å². The monoisotopic (exact) mass is 214 g/mol. The molecule has 0 radical (unpaired) electrons. The highest BCUT2D eigenvalue weighted by molar-refractivity contribution is 4.85. The van der Waals surface area contributed by atoms with Gasteiger partial charge in [-0.2, -0.15) is 0 Å². The van der Waals surface area contributed by atoms with Crippen LogP contribution in [0, 0.1) is 5.92 Å². The van der Waals surface area contributed by atoms with Gasteiger partial charge in [0, 0.05) is 25.2 Å². The number of likely N-dealkylation sites (N-methyl/N-ethyl adjacent to an activating group) is 1. The highest BCUT2D eigenvalue weighted by Crippen LogP contribution is 2.15. The van der Waals surface area contributed by atoms with Crippen LogP contribution < -0.4 is 5.32 Å².